The summed E-state index contributed by atoms with van der Waals surface area (Å²) < 4.78 is 0. The summed E-state index contributed by atoms with van der Waals surface area (Å²) in [6.07, 6.45) is 1.64. The molecule has 0 aliphatic carbocycles. The number of para-hydroxylation sites is 2. The third-order valence-electron chi connectivity index (χ3n) is 3.45. The van der Waals surface area contributed by atoms with Crippen molar-refractivity contribution in [3.05, 3.63) is 35.5 Å². The van der Waals surface area contributed by atoms with Crippen molar-refractivity contribution in [3.8, 4) is 0 Å². The number of aromatic nitrogens is 2. The van der Waals surface area contributed by atoms with Crippen LogP contribution in [0.5, 0.6) is 0 Å². The van der Waals surface area contributed by atoms with Crippen molar-refractivity contribution >= 4 is 34.7 Å². The minimum Gasteiger partial charge on any atom is -0.371 e. The molecule has 104 valence electrons. The van der Waals surface area contributed by atoms with E-state index in [4.69, 9.17) is 11.6 Å². The zero-order chi connectivity index (χ0) is 14.1. The molecule has 0 unspecified atom stereocenters. The molecular weight excluding hydrogens is 274 g/mol. The zero-order valence-corrected chi connectivity index (χ0v) is 12.2. The molecule has 0 saturated carbocycles. The standard InChI is InChI=1S/C14H16ClN5/c1-16-14-17-9-10(15)13(18-14)20-8-7-19(2)11-5-3-4-6-12(11)20/h3-6,9H,7-8H2,1-2H3,(H,16,17,18). The number of benzene rings is 1. The van der Waals surface area contributed by atoms with E-state index in [2.05, 4.69) is 44.3 Å². The summed E-state index contributed by atoms with van der Waals surface area (Å²) in [5, 5.41) is 3.51. The number of nitrogens with zero attached hydrogens (tertiary/aromatic N) is 4. The minimum atomic E-state index is 0.559. The Kier molecular flexibility index (Phi) is 3.36. The number of hydrogen-bond acceptors (Lipinski definition) is 5. The Morgan fingerprint density at radius 3 is 2.70 bits per heavy atom. The molecule has 1 N–H and O–H groups in total. The third kappa shape index (κ3) is 2.14. The van der Waals surface area contributed by atoms with Gasteiger partial charge in [-0.25, -0.2) is 4.98 Å². The Labute approximate surface area is 123 Å². The van der Waals surface area contributed by atoms with Crippen molar-refractivity contribution in [1.29, 1.82) is 0 Å². The van der Waals surface area contributed by atoms with Crippen LogP contribution >= 0.6 is 11.6 Å². The highest BCUT2D eigenvalue weighted by Crippen LogP contribution is 2.38. The lowest BCUT2D eigenvalue weighted by Crippen LogP contribution is -2.37. The fourth-order valence-electron chi connectivity index (χ4n) is 2.39. The summed E-state index contributed by atoms with van der Waals surface area (Å²) in [5.74, 6) is 1.31. The van der Waals surface area contributed by atoms with E-state index in [1.54, 1.807) is 13.2 Å². The van der Waals surface area contributed by atoms with Gasteiger partial charge in [-0.1, -0.05) is 23.7 Å². The largest absolute Gasteiger partial charge is 0.371 e. The monoisotopic (exact) mass is 289 g/mol. The molecule has 0 atom stereocenters. The highest BCUT2D eigenvalue weighted by atomic mass is 35.5. The van der Waals surface area contributed by atoms with Crippen LogP contribution in [-0.4, -0.2) is 37.2 Å². The average Bonchev–Trinajstić information content (AvgIpc) is 2.49. The SMILES string of the molecule is CNc1ncc(Cl)c(N2CCN(C)c3ccccc32)n1. The van der Waals surface area contributed by atoms with Crippen LogP contribution in [-0.2, 0) is 0 Å². The topological polar surface area (TPSA) is 44.3 Å². The van der Waals surface area contributed by atoms with Crippen LogP contribution in [0.15, 0.2) is 30.5 Å². The summed E-state index contributed by atoms with van der Waals surface area (Å²) in [5.41, 5.74) is 2.29. The molecule has 1 aromatic carbocycles. The Bertz CT molecular complexity index is 631. The second-order valence-corrected chi connectivity index (χ2v) is 5.08. The minimum absolute atomic E-state index is 0.559. The molecule has 0 fully saturated rings. The number of nitrogens with one attached hydrogen (secondary N) is 1. The lowest BCUT2D eigenvalue weighted by Gasteiger charge is -2.36. The molecular formula is C14H16ClN5. The quantitative estimate of drug-likeness (QED) is 0.921. The summed E-state index contributed by atoms with van der Waals surface area (Å²) in [6, 6.07) is 8.26. The van der Waals surface area contributed by atoms with E-state index in [0.717, 1.165) is 24.6 Å². The zero-order valence-electron chi connectivity index (χ0n) is 11.5. The van der Waals surface area contributed by atoms with Crippen LogP contribution in [0.3, 0.4) is 0 Å². The van der Waals surface area contributed by atoms with Crippen LogP contribution in [0, 0.1) is 0 Å². The van der Waals surface area contributed by atoms with Crippen molar-refractivity contribution < 1.29 is 0 Å². The molecule has 0 bridgehead atoms. The summed E-state index contributed by atoms with van der Waals surface area (Å²) in [4.78, 5) is 13.0. The maximum Gasteiger partial charge on any atom is 0.224 e. The normalized spacial score (nSPS) is 14.2. The van der Waals surface area contributed by atoms with Crippen molar-refractivity contribution in [2.24, 2.45) is 0 Å². The average molecular weight is 290 g/mol. The van der Waals surface area contributed by atoms with Crippen molar-refractivity contribution in [2.75, 3.05) is 42.3 Å². The van der Waals surface area contributed by atoms with E-state index >= 15 is 0 Å². The van der Waals surface area contributed by atoms with Gasteiger partial charge in [0.05, 0.1) is 17.6 Å². The first-order chi connectivity index (χ1) is 9.70. The van der Waals surface area contributed by atoms with E-state index in [9.17, 15) is 0 Å². The first-order valence-corrected chi connectivity index (χ1v) is 6.86. The molecule has 1 aromatic heterocycles. The van der Waals surface area contributed by atoms with Crippen LogP contribution < -0.4 is 15.1 Å². The van der Waals surface area contributed by atoms with Gasteiger partial charge in [-0.2, -0.15) is 4.98 Å². The third-order valence-corrected chi connectivity index (χ3v) is 3.71. The maximum atomic E-state index is 6.28. The summed E-state index contributed by atoms with van der Waals surface area (Å²) in [6.45, 7) is 1.76. The molecule has 6 heteroatoms. The van der Waals surface area contributed by atoms with Crippen LogP contribution in [0.25, 0.3) is 0 Å². The highest BCUT2D eigenvalue weighted by molar-refractivity contribution is 6.33. The first kappa shape index (κ1) is 13.0. The summed E-state index contributed by atoms with van der Waals surface area (Å²) in [7, 11) is 3.89. The number of halogens is 1. The number of anilines is 4. The van der Waals surface area contributed by atoms with Crippen LogP contribution in [0.2, 0.25) is 5.02 Å². The fraction of sp³-hybridized carbons (Fsp3) is 0.286. The molecule has 1 aliphatic rings. The second kappa shape index (κ2) is 5.17. The number of likely N-dealkylation sites (N-methyl/N-ethyl adjacent to an activating group) is 1. The van der Waals surface area contributed by atoms with E-state index in [-0.39, 0.29) is 0 Å². The molecule has 0 amide bonds. The molecule has 5 nitrogen and oxygen atoms in total. The summed E-state index contributed by atoms with van der Waals surface area (Å²) >= 11 is 6.28. The van der Waals surface area contributed by atoms with E-state index in [1.807, 2.05) is 12.1 Å². The molecule has 1 aliphatic heterocycles. The van der Waals surface area contributed by atoms with Gasteiger partial charge in [-0.3, -0.25) is 0 Å². The van der Waals surface area contributed by atoms with Gasteiger partial charge in [0.25, 0.3) is 0 Å². The van der Waals surface area contributed by atoms with E-state index in [1.165, 1.54) is 5.69 Å². The van der Waals surface area contributed by atoms with Gasteiger partial charge in [0.2, 0.25) is 5.95 Å². The predicted molar refractivity (Wildman–Crippen MR) is 83.3 cm³/mol. The molecule has 0 saturated heterocycles. The van der Waals surface area contributed by atoms with Gasteiger partial charge in [0, 0.05) is 27.2 Å². The van der Waals surface area contributed by atoms with Crippen LogP contribution in [0.1, 0.15) is 0 Å². The second-order valence-electron chi connectivity index (χ2n) is 4.68. The number of rotatable bonds is 2. The smallest absolute Gasteiger partial charge is 0.224 e. The van der Waals surface area contributed by atoms with Gasteiger partial charge in [-0.05, 0) is 12.1 Å². The van der Waals surface area contributed by atoms with Crippen molar-refractivity contribution in [3.63, 3.8) is 0 Å². The number of hydrogen-bond donors (Lipinski definition) is 1. The van der Waals surface area contributed by atoms with Crippen molar-refractivity contribution in [2.45, 2.75) is 0 Å². The van der Waals surface area contributed by atoms with E-state index in [0.29, 0.717) is 11.0 Å². The van der Waals surface area contributed by atoms with E-state index < -0.39 is 0 Å². The van der Waals surface area contributed by atoms with Gasteiger partial charge in [-0.15, -0.1) is 0 Å². The van der Waals surface area contributed by atoms with Gasteiger partial charge in [0.15, 0.2) is 5.82 Å². The van der Waals surface area contributed by atoms with Crippen molar-refractivity contribution in [1.82, 2.24) is 9.97 Å². The number of fused-ring (bicyclic) bond motifs is 1. The Balaban J connectivity index is 2.10. The fourth-order valence-corrected chi connectivity index (χ4v) is 2.59. The molecule has 2 aromatic rings. The lowest BCUT2D eigenvalue weighted by atomic mass is 10.2. The molecule has 0 spiro atoms. The Hall–Kier alpha value is -2.01. The van der Waals surface area contributed by atoms with Crippen LogP contribution in [0.4, 0.5) is 23.1 Å². The molecule has 20 heavy (non-hydrogen) atoms. The highest BCUT2D eigenvalue weighted by Gasteiger charge is 2.24. The molecule has 3 rings (SSSR count). The first-order valence-electron chi connectivity index (χ1n) is 6.48. The van der Waals surface area contributed by atoms with Gasteiger partial charge in [0.1, 0.15) is 5.02 Å². The van der Waals surface area contributed by atoms with Gasteiger partial charge >= 0.3 is 0 Å². The Morgan fingerprint density at radius 1 is 1.20 bits per heavy atom. The lowest BCUT2D eigenvalue weighted by molar-refractivity contribution is 0.812. The molecule has 0 radical (unpaired) electrons. The molecule has 2 heterocycles. The predicted octanol–water partition coefficient (Wildman–Crippen LogP) is 2.76. The Morgan fingerprint density at radius 2 is 1.95 bits per heavy atom. The maximum absolute atomic E-state index is 6.28. The van der Waals surface area contributed by atoms with Gasteiger partial charge < -0.3 is 15.1 Å².